The van der Waals surface area contributed by atoms with E-state index in [-0.39, 0.29) is 28.3 Å². The van der Waals surface area contributed by atoms with Gasteiger partial charge in [0.15, 0.2) is 5.01 Å². The lowest BCUT2D eigenvalue weighted by Gasteiger charge is -2.19. The van der Waals surface area contributed by atoms with Crippen molar-refractivity contribution in [1.82, 2.24) is 15.5 Å². The fraction of sp³-hybridized carbons (Fsp3) is 0.800. The lowest BCUT2D eigenvalue weighted by molar-refractivity contribution is -0.289. The normalized spacial score (nSPS) is 13.9. The molecule has 0 atom stereocenters. The number of alkyl halides is 5. The molecular formula is C10H14F5N3S. The SMILES string of the molecule is CC(C)(C)NCCc1nnc(C(F)(F)C(F)(F)F)s1. The van der Waals surface area contributed by atoms with Crippen molar-refractivity contribution in [2.24, 2.45) is 0 Å². The summed E-state index contributed by atoms with van der Waals surface area (Å²) in [6, 6.07) is 0. The lowest BCUT2D eigenvalue weighted by atomic mass is 10.1. The van der Waals surface area contributed by atoms with E-state index in [2.05, 4.69) is 15.5 Å². The summed E-state index contributed by atoms with van der Waals surface area (Å²) in [5.41, 5.74) is -0.163. The Bertz CT molecular complexity index is 422. The van der Waals surface area contributed by atoms with Crippen molar-refractivity contribution in [3.8, 4) is 0 Å². The average molecular weight is 303 g/mol. The molecule has 9 heteroatoms. The molecule has 0 aromatic carbocycles. The number of nitrogens with one attached hydrogen (secondary N) is 1. The Morgan fingerprint density at radius 2 is 1.63 bits per heavy atom. The first-order valence-corrected chi connectivity index (χ1v) is 6.27. The fourth-order valence-corrected chi connectivity index (χ4v) is 1.98. The first-order valence-electron chi connectivity index (χ1n) is 5.46. The molecular weight excluding hydrogens is 289 g/mol. The van der Waals surface area contributed by atoms with Gasteiger partial charge >= 0.3 is 12.1 Å². The molecule has 0 unspecified atom stereocenters. The second kappa shape index (κ2) is 5.28. The van der Waals surface area contributed by atoms with Gasteiger partial charge in [-0.25, -0.2) is 0 Å². The molecule has 1 aromatic rings. The summed E-state index contributed by atoms with van der Waals surface area (Å²) in [5.74, 6) is -4.94. The second-order valence-electron chi connectivity index (χ2n) is 5.00. The fourth-order valence-electron chi connectivity index (χ4n) is 1.15. The Balaban J connectivity index is 2.68. The highest BCUT2D eigenvalue weighted by atomic mass is 32.1. The van der Waals surface area contributed by atoms with E-state index in [1.54, 1.807) is 0 Å². The van der Waals surface area contributed by atoms with Crippen molar-refractivity contribution in [1.29, 1.82) is 0 Å². The summed E-state index contributed by atoms with van der Waals surface area (Å²) in [6.45, 7) is 6.17. The summed E-state index contributed by atoms with van der Waals surface area (Å²) in [5, 5.41) is 8.22. The van der Waals surface area contributed by atoms with Crippen LogP contribution in [0.15, 0.2) is 0 Å². The maximum atomic E-state index is 13.0. The predicted molar refractivity (Wildman–Crippen MR) is 61.3 cm³/mol. The molecule has 1 aromatic heterocycles. The molecule has 1 heterocycles. The minimum atomic E-state index is -5.65. The van der Waals surface area contributed by atoms with Crippen LogP contribution in [0.5, 0.6) is 0 Å². The molecule has 0 bridgehead atoms. The topological polar surface area (TPSA) is 37.8 Å². The van der Waals surface area contributed by atoms with E-state index in [1.165, 1.54) is 0 Å². The molecule has 0 amide bonds. The predicted octanol–water partition coefficient (Wildman–Crippen LogP) is 3.12. The largest absolute Gasteiger partial charge is 0.460 e. The minimum absolute atomic E-state index is 0.149. The molecule has 3 nitrogen and oxygen atoms in total. The summed E-state index contributed by atoms with van der Waals surface area (Å²) in [7, 11) is 0. The van der Waals surface area contributed by atoms with Gasteiger partial charge in [0.2, 0.25) is 0 Å². The van der Waals surface area contributed by atoms with Gasteiger partial charge in [-0.3, -0.25) is 0 Å². The van der Waals surface area contributed by atoms with E-state index < -0.39 is 17.1 Å². The first kappa shape index (κ1) is 16.2. The van der Waals surface area contributed by atoms with Gasteiger partial charge < -0.3 is 5.32 Å². The third-order valence-corrected chi connectivity index (χ3v) is 3.14. The van der Waals surface area contributed by atoms with Crippen LogP contribution in [0.1, 0.15) is 30.8 Å². The quantitative estimate of drug-likeness (QED) is 0.869. The van der Waals surface area contributed by atoms with E-state index >= 15 is 0 Å². The molecule has 0 aliphatic rings. The Morgan fingerprint density at radius 3 is 2.11 bits per heavy atom. The minimum Gasteiger partial charge on any atom is -0.312 e. The number of aromatic nitrogens is 2. The number of nitrogens with zero attached hydrogens (tertiary/aromatic N) is 2. The van der Waals surface area contributed by atoms with Crippen LogP contribution < -0.4 is 5.32 Å². The van der Waals surface area contributed by atoms with E-state index in [0.717, 1.165) is 0 Å². The van der Waals surface area contributed by atoms with E-state index in [0.29, 0.717) is 6.54 Å². The van der Waals surface area contributed by atoms with E-state index in [9.17, 15) is 22.0 Å². The Morgan fingerprint density at radius 1 is 1.05 bits per heavy atom. The molecule has 1 N–H and O–H groups in total. The van der Waals surface area contributed by atoms with E-state index in [1.807, 2.05) is 20.8 Å². The summed E-state index contributed by atoms with van der Waals surface area (Å²) < 4.78 is 62.2. The van der Waals surface area contributed by atoms with Gasteiger partial charge in [-0.2, -0.15) is 22.0 Å². The summed E-state index contributed by atoms with van der Waals surface area (Å²) >= 11 is 0.285. The van der Waals surface area contributed by atoms with Crippen LogP contribution in [0.3, 0.4) is 0 Å². The number of hydrogen-bond acceptors (Lipinski definition) is 4. The summed E-state index contributed by atoms with van der Waals surface area (Å²) in [6.07, 6.45) is -5.39. The maximum absolute atomic E-state index is 13.0. The van der Waals surface area contributed by atoms with Crippen LogP contribution in [-0.2, 0) is 12.3 Å². The maximum Gasteiger partial charge on any atom is 0.460 e. The molecule has 19 heavy (non-hydrogen) atoms. The van der Waals surface area contributed by atoms with Crippen molar-refractivity contribution in [3.05, 3.63) is 10.0 Å². The molecule has 0 spiro atoms. The van der Waals surface area contributed by atoms with Crippen molar-refractivity contribution < 1.29 is 22.0 Å². The lowest BCUT2D eigenvalue weighted by Crippen LogP contribution is -2.37. The van der Waals surface area contributed by atoms with Crippen LogP contribution in [0.25, 0.3) is 0 Å². The van der Waals surface area contributed by atoms with Gasteiger partial charge in [-0.1, -0.05) is 11.3 Å². The third-order valence-electron chi connectivity index (χ3n) is 2.09. The van der Waals surface area contributed by atoms with Gasteiger partial charge in [-0.05, 0) is 20.8 Å². The molecule has 0 radical (unpaired) electrons. The molecule has 1 rings (SSSR count). The highest BCUT2D eigenvalue weighted by Gasteiger charge is 2.61. The van der Waals surface area contributed by atoms with Crippen molar-refractivity contribution in [2.45, 2.75) is 44.8 Å². The smallest absolute Gasteiger partial charge is 0.312 e. The Kier molecular flexibility index (Phi) is 4.51. The molecule has 0 aliphatic heterocycles. The zero-order valence-corrected chi connectivity index (χ0v) is 11.4. The highest BCUT2D eigenvalue weighted by Crippen LogP contribution is 2.44. The van der Waals surface area contributed by atoms with Crippen LogP contribution in [-0.4, -0.2) is 28.5 Å². The molecule has 0 fully saturated rings. The Hall–Kier alpha value is -0.830. The first-order chi connectivity index (χ1) is 8.43. The van der Waals surface area contributed by atoms with Crippen molar-refractivity contribution in [2.75, 3.05) is 6.54 Å². The number of hydrogen-bond donors (Lipinski definition) is 1. The van der Waals surface area contributed by atoms with Crippen LogP contribution >= 0.6 is 11.3 Å². The molecule has 0 saturated carbocycles. The zero-order chi connectivity index (χ0) is 14.9. The van der Waals surface area contributed by atoms with Crippen LogP contribution in [0.2, 0.25) is 0 Å². The van der Waals surface area contributed by atoms with Gasteiger partial charge in [0, 0.05) is 18.5 Å². The van der Waals surface area contributed by atoms with E-state index in [4.69, 9.17) is 0 Å². The van der Waals surface area contributed by atoms with Crippen LogP contribution in [0.4, 0.5) is 22.0 Å². The molecule has 0 aliphatic carbocycles. The summed E-state index contributed by atoms with van der Waals surface area (Å²) in [4.78, 5) is 0. The average Bonchev–Trinajstić information content (AvgIpc) is 2.62. The van der Waals surface area contributed by atoms with Gasteiger partial charge in [0.1, 0.15) is 5.01 Å². The van der Waals surface area contributed by atoms with Gasteiger partial charge in [0.25, 0.3) is 0 Å². The molecule has 110 valence electrons. The zero-order valence-electron chi connectivity index (χ0n) is 10.6. The Labute approximate surface area is 111 Å². The number of rotatable bonds is 4. The monoisotopic (exact) mass is 303 g/mol. The molecule has 0 saturated heterocycles. The van der Waals surface area contributed by atoms with Gasteiger partial charge in [0.05, 0.1) is 0 Å². The van der Waals surface area contributed by atoms with Crippen molar-refractivity contribution in [3.63, 3.8) is 0 Å². The van der Waals surface area contributed by atoms with Gasteiger partial charge in [-0.15, -0.1) is 10.2 Å². The van der Waals surface area contributed by atoms with Crippen molar-refractivity contribution >= 4 is 11.3 Å². The standard InChI is InChI=1S/C10H14F5N3S/c1-8(2,3)16-5-4-6-17-18-7(19-6)9(11,12)10(13,14)15/h16H,4-5H2,1-3H3. The van der Waals surface area contributed by atoms with Crippen LogP contribution in [0, 0.1) is 0 Å². The third kappa shape index (κ3) is 4.34. The number of halogens is 5. The highest BCUT2D eigenvalue weighted by molar-refractivity contribution is 7.11. The second-order valence-corrected chi connectivity index (χ2v) is 6.06.